The lowest BCUT2D eigenvalue weighted by Crippen LogP contribution is -2.42. The molecule has 3 aromatic rings. The van der Waals surface area contributed by atoms with Crippen LogP contribution in [0.4, 0.5) is 20.2 Å². The second-order valence-corrected chi connectivity index (χ2v) is 7.92. The van der Waals surface area contributed by atoms with E-state index in [9.17, 15) is 8.78 Å². The Kier molecular flexibility index (Phi) is 6.39. The molecule has 0 radical (unpaired) electrons. The maximum Gasteiger partial charge on any atom is 0.141 e. The van der Waals surface area contributed by atoms with E-state index < -0.39 is 11.6 Å². The van der Waals surface area contributed by atoms with Crippen LogP contribution in [0.15, 0.2) is 60.7 Å². The van der Waals surface area contributed by atoms with Gasteiger partial charge in [-0.1, -0.05) is 23.7 Å². The van der Waals surface area contributed by atoms with Crippen LogP contribution in [0.25, 0.3) is 0 Å². The average molecular weight is 430 g/mol. The van der Waals surface area contributed by atoms with Gasteiger partial charge in [0.05, 0.1) is 10.6 Å². The molecule has 7 heteroatoms. The number of rotatable bonds is 7. The molecule has 4 nitrogen and oxygen atoms in total. The molecule has 0 aromatic heterocycles. The number of hydrogen-bond acceptors (Lipinski definition) is 4. The SMILES string of the molecule is CC(C)(N)C(Oc1cc(C=N)c(Nc2ccc(F)cc2)cc1Cl)c1ccc(F)cc1. The van der Waals surface area contributed by atoms with E-state index in [1.807, 2.05) is 0 Å². The Balaban J connectivity index is 1.93. The van der Waals surface area contributed by atoms with Gasteiger partial charge in [0.1, 0.15) is 23.5 Å². The highest BCUT2D eigenvalue weighted by Gasteiger charge is 2.30. The van der Waals surface area contributed by atoms with E-state index in [2.05, 4.69) is 5.32 Å². The Hall–Kier alpha value is -2.96. The van der Waals surface area contributed by atoms with Gasteiger partial charge in [0.2, 0.25) is 0 Å². The summed E-state index contributed by atoms with van der Waals surface area (Å²) >= 11 is 6.46. The molecular weight excluding hydrogens is 408 g/mol. The third-order valence-electron chi connectivity index (χ3n) is 4.48. The van der Waals surface area contributed by atoms with Gasteiger partial charge < -0.3 is 21.2 Å². The summed E-state index contributed by atoms with van der Waals surface area (Å²) in [5, 5.41) is 11.2. The third kappa shape index (κ3) is 5.14. The van der Waals surface area contributed by atoms with Crippen LogP contribution in [-0.4, -0.2) is 11.8 Å². The zero-order valence-electron chi connectivity index (χ0n) is 16.5. The van der Waals surface area contributed by atoms with Crippen LogP contribution in [-0.2, 0) is 0 Å². The second kappa shape index (κ2) is 8.81. The van der Waals surface area contributed by atoms with Crippen molar-refractivity contribution in [3.63, 3.8) is 0 Å². The number of ether oxygens (including phenoxy) is 1. The highest BCUT2D eigenvalue weighted by molar-refractivity contribution is 6.32. The molecule has 0 saturated carbocycles. The molecule has 0 spiro atoms. The first kappa shape index (κ1) is 21.7. The first-order chi connectivity index (χ1) is 14.2. The summed E-state index contributed by atoms with van der Waals surface area (Å²) in [7, 11) is 0. The molecule has 156 valence electrons. The molecule has 0 amide bonds. The predicted molar refractivity (Wildman–Crippen MR) is 117 cm³/mol. The molecule has 3 rings (SSSR count). The van der Waals surface area contributed by atoms with E-state index in [4.69, 9.17) is 27.5 Å². The molecule has 3 aromatic carbocycles. The third-order valence-corrected chi connectivity index (χ3v) is 4.77. The fraction of sp³-hybridized carbons (Fsp3) is 0.174. The van der Waals surface area contributed by atoms with Crippen LogP contribution < -0.4 is 15.8 Å². The van der Waals surface area contributed by atoms with E-state index in [0.29, 0.717) is 33.3 Å². The number of halogens is 3. The predicted octanol–water partition coefficient (Wildman–Crippen LogP) is 6.22. The summed E-state index contributed by atoms with van der Waals surface area (Å²) in [5.41, 5.74) is 7.96. The van der Waals surface area contributed by atoms with Gasteiger partial charge in [0.15, 0.2) is 0 Å². The molecule has 0 fully saturated rings. The number of nitrogens with one attached hydrogen (secondary N) is 2. The molecule has 1 atom stereocenters. The molecule has 30 heavy (non-hydrogen) atoms. The maximum absolute atomic E-state index is 13.3. The van der Waals surface area contributed by atoms with Crippen molar-refractivity contribution in [3.8, 4) is 5.75 Å². The lowest BCUT2D eigenvalue weighted by molar-refractivity contribution is 0.130. The Bertz CT molecular complexity index is 1030. The highest BCUT2D eigenvalue weighted by Crippen LogP contribution is 2.37. The zero-order chi connectivity index (χ0) is 21.9. The molecule has 0 aliphatic rings. The molecule has 0 heterocycles. The van der Waals surface area contributed by atoms with E-state index in [1.54, 1.807) is 50.2 Å². The van der Waals surface area contributed by atoms with Crippen LogP contribution >= 0.6 is 11.6 Å². The molecule has 0 saturated heterocycles. The normalized spacial score (nSPS) is 12.3. The fourth-order valence-corrected chi connectivity index (χ4v) is 3.20. The van der Waals surface area contributed by atoms with Gasteiger partial charge in [-0.05, 0) is 67.9 Å². The number of hydrogen-bond donors (Lipinski definition) is 3. The van der Waals surface area contributed by atoms with Crippen molar-refractivity contribution >= 4 is 29.2 Å². The number of anilines is 2. The van der Waals surface area contributed by atoms with Gasteiger partial charge in [-0.25, -0.2) is 8.78 Å². The van der Waals surface area contributed by atoms with Gasteiger partial charge in [0, 0.05) is 23.2 Å². The van der Waals surface area contributed by atoms with E-state index in [1.165, 1.54) is 24.3 Å². The monoisotopic (exact) mass is 429 g/mol. The van der Waals surface area contributed by atoms with Crippen molar-refractivity contribution in [1.82, 2.24) is 0 Å². The van der Waals surface area contributed by atoms with Crippen LogP contribution in [0.5, 0.6) is 5.75 Å². The summed E-state index contributed by atoms with van der Waals surface area (Å²) in [6, 6.07) is 15.0. The minimum atomic E-state index is -0.795. The highest BCUT2D eigenvalue weighted by atomic mass is 35.5. The fourth-order valence-electron chi connectivity index (χ4n) is 2.99. The Morgan fingerprint density at radius 2 is 1.60 bits per heavy atom. The smallest absolute Gasteiger partial charge is 0.141 e. The zero-order valence-corrected chi connectivity index (χ0v) is 17.3. The number of benzene rings is 3. The Morgan fingerprint density at radius 3 is 2.13 bits per heavy atom. The topological polar surface area (TPSA) is 71.1 Å². The standard InChI is InChI=1S/C23H22ClF2N3O/c1-23(2,28)22(14-3-5-16(25)6-4-14)30-21-11-15(13-27)20(12-19(21)24)29-18-9-7-17(26)8-10-18/h3-13,22,27,29H,28H2,1-2H3. The maximum atomic E-state index is 13.3. The first-order valence-corrected chi connectivity index (χ1v) is 9.63. The molecule has 0 aliphatic heterocycles. The number of nitrogens with two attached hydrogens (primary N) is 1. The minimum absolute atomic E-state index is 0.307. The molecule has 0 bridgehead atoms. The van der Waals surface area contributed by atoms with Gasteiger partial charge in [-0.2, -0.15) is 0 Å². The summed E-state index contributed by atoms with van der Waals surface area (Å²) < 4.78 is 32.6. The summed E-state index contributed by atoms with van der Waals surface area (Å²) in [6.07, 6.45) is 0.556. The van der Waals surface area contributed by atoms with E-state index in [-0.39, 0.29) is 11.6 Å². The van der Waals surface area contributed by atoms with Gasteiger partial charge in [-0.3, -0.25) is 0 Å². The quantitative estimate of drug-likeness (QED) is 0.390. The Labute approximate surface area is 179 Å². The largest absolute Gasteiger partial charge is 0.482 e. The molecule has 4 N–H and O–H groups in total. The van der Waals surface area contributed by atoms with Gasteiger partial charge in [0.25, 0.3) is 0 Å². The summed E-state index contributed by atoms with van der Waals surface area (Å²) in [6.45, 7) is 3.60. The summed E-state index contributed by atoms with van der Waals surface area (Å²) in [5.74, 6) is -0.355. The van der Waals surface area contributed by atoms with Gasteiger partial charge in [-0.15, -0.1) is 0 Å². The van der Waals surface area contributed by atoms with Crippen molar-refractivity contribution in [2.45, 2.75) is 25.5 Å². The van der Waals surface area contributed by atoms with E-state index >= 15 is 0 Å². The van der Waals surface area contributed by atoms with Crippen molar-refractivity contribution in [2.24, 2.45) is 5.73 Å². The van der Waals surface area contributed by atoms with Crippen molar-refractivity contribution in [2.75, 3.05) is 5.32 Å². The van der Waals surface area contributed by atoms with Crippen LogP contribution in [0, 0.1) is 17.0 Å². The van der Waals surface area contributed by atoms with Crippen molar-refractivity contribution < 1.29 is 13.5 Å². The average Bonchev–Trinajstić information content (AvgIpc) is 2.69. The second-order valence-electron chi connectivity index (χ2n) is 7.52. The molecule has 0 aliphatic carbocycles. The van der Waals surface area contributed by atoms with E-state index in [0.717, 1.165) is 6.21 Å². The van der Waals surface area contributed by atoms with Crippen LogP contribution in [0.3, 0.4) is 0 Å². The Morgan fingerprint density at radius 1 is 1.03 bits per heavy atom. The lowest BCUT2D eigenvalue weighted by Gasteiger charge is -2.32. The van der Waals surface area contributed by atoms with Crippen LogP contribution in [0.1, 0.15) is 31.1 Å². The van der Waals surface area contributed by atoms with Crippen molar-refractivity contribution in [1.29, 1.82) is 5.41 Å². The minimum Gasteiger partial charge on any atom is -0.482 e. The molecular formula is C23H22ClF2N3O. The lowest BCUT2D eigenvalue weighted by atomic mass is 9.92. The molecule has 1 unspecified atom stereocenters. The summed E-state index contributed by atoms with van der Waals surface area (Å²) in [4.78, 5) is 0. The first-order valence-electron chi connectivity index (χ1n) is 9.25. The van der Waals surface area contributed by atoms with Gasteiger partial charge >= 0.3 is 0 Å². The van der Waals surface area contributed by atoms with Crippen LogP contribution in [0.2, 0.25) is 5.02 Å². The van der Waals surface area contributed by atoms with Crippen molar-refractivity contribution in [3.05, 3.63) is 88.4 Å².